The molecule has 2 aromatic carbocycles. The van der Waals surface area contributed by atoms with Crippen LogP contribution in [0.3, 0.4) is 0 Å². The molecule has 115 valence electrons. The van der Waals surface area contributed by atoms with Crippen molar-refractivity contribution in [3.8, 4) is 11.5 Å². The van der Waals surface area contributed by atoms with E-state index in [9.17, 15) is 0 Å². The summed E-state index contributed by atoms with van der Waals surface area (Å²) in [5.74, 6) is 1.88. The fourth-order valence-electron chi connectivity index (χ4n) is 2.93. The highest BCUT2D eigenvalue weighted by molar-refractivity contribution is 7.94. The molecule has 0 amide bonds. The average Bonchev–Trinajstić information content (AvgIpc) is 2.45. The summed E-state index contributed by atoms with van der Waals surface area (Å²) in [6.45, 7) is 8.23. The van der Waals surface area contributed by atoms with Crippen LogP contribution in [0, 0.1) is 27.7 Å². The fraction of sp³-hybridized carbons (Fsp3) is 0.333. The number of benzene rings is 2. The second kappa shape index (κ2) is 6.75. The van der Waals surface area contributed by atoms with Gasteiger partial charge in [-0.3, -0.25) is 0 Å². The average molecular weight is 312 g/mol. The van der Waals surface area contributed by atoms with Gasteiger partial charge in [-0.15, -0.1) is 0 Å². The van der Waals surface area contributed by atoms with Gasteiger partial charge in [0.25, 0.3) is 0 Å². The number of ether oxygens (including phenoxy) is 2. The molecule has 0 fully saturated rings. The van der Waals surface area contributed by atoms with Crippen LogP contribution in [0.25, 0.3) is 0 Å². The minimum absolute atomic E-state index is 0.881. The van der Waals surface area contributed by atoms with E-state index >= 15 is 0 Å². The molecule has 3 radical (unpaired) electrons. The molecule has 0 unspecified atom stereocenters. The zero-order chi connectivity index (χ0) is 16.4. The van der Waals surface area contributed by atoms with E-state index in [1.165, 1.54) is 0 Å². The van der Waals surface area contributed by atoms with Crippen molar-refractivity contribution in [1.82, 2.24) is 0 Å². The first-order chi connectivity index (χ1) is 10.4. The van der Waals surface area contributed by atoms with Crippen molar-refractivity contribution in [3.63, 3.8) is 0 Å². The number of hydrogen-bond acceptors (Lipinski definition) is 2. The largest absolute Gasteiger partial charge is 0.567 e. The van der Waals surface area contributed by atoms with Crippen LogP contribution in [-0.4, -0.2) is 21.8 Å². The Bertz CT molecular complexity index is 592. The Balaban J connectivity index is 2.46. The van der Waals surface area contributed by atoms with E-state index in [2.05, 4.69) is 52.0 Å². The second-order valence-electron chi connectivity index (χ2n) is 5.60. The molecule has 0 heterocycles. The normalized spacial score (nSPS) is 10.9. The Morgan fingerprint density at radius 1 is 0.682 bits per heavy atom. The lowest BCUT2D eigenvalue weighted by molar-refractivity contribution is 0.408. The molecule has 0 saturated heterocycles. The first-order valence-electron chi connectivity index (χ1n) is 7.24. The maximum Gasteiger partial charge on any atom is 0.124 e. The van der Waals surface area contributed by atoms with Crippen LogP contribution < -0.4 is 20.1 Å². The molecule has 2 rings (SSSR count). The lowest BCUT2D eigenvalue weighted by atomic mass is 10.1. The third-order valence-electron chi connectivity index (χ3n) is 3.85. The summed E-state index contributed by atoms with van der Waals surface area (Å²) in [6.07, 6.45) is 0. The first-order valence-corrected chi connectivity index (χ1v) is 8.65. The van der Waals surface area contributed by atoms with Crippen molar-refractivity contribution in [2.75, 3.05) is 14.2 Å². The van der Waals surface area contributed by atoms with Crippen molar-refractivity contribution >= 4 is 26.0 Å². The number of methoxy groups -OCH3 is 2. The van der Waals surface area contributed by atoms with Gasteiger partial charge in [0.2, 0.25) is 0 Å². The summed E-state index contributed by atoms with van der Waals surface area (Å²) < 4.78 is 10.9. The van der Waals surface area contributed by atoms with E-state index < -0.39 is 7.80 Å². The number of rotatable bonds is 4. The van der Waals surface area contributed by atoms with Gasteiger partial charge in [-0.05, 0) is 49.9 Å². The summed E-state index contributed by atoms with van der Waals surface area (Å²) in [7, 11) is 9.09. The highest BCUT2D eigenvalue weighted by Gasteiger charge is 2.09. The highest BCUT2D eigenvalue weighted by atomic mass is 31.1. The number of aryl methyl sites for hydroxylation is 4. The van der Waals surface area contributed by atoms with Gasteiger partial charge in [0.1, 0.15) is 11.5 Å². The van der Waals surface area contributed by atoms with Crippen LogP contribution in [0.2, 0.25) is 0 Å². The first kappa shape index (κ1) is 16.9. The lowest BCUT2D eigenvalue weighted by Gasteiger charge is -2.30. The minimum Gasteiger partial charge on any atom is -0.567 e. The van der Waals surface area contributed by atoms with Crippen LogP contribution in [0.5, 0.6) is 11.5 Å². The molecule has 0 aliphatic heterocycles. The van der Waals surface area contributed by atoms with Gasteiger partial charge in [-0.25, -0.2) is 0 Å². The summed E-state index contributed by atoms with van der Waals surface area (Å²) in [4.78, 5) is 0. The highest BCUT2D eigenvalue weighted by Crippen LogP contribution is 2.34. The molecule has 2 aromatic rings. The smallest absolute Gasteiger partial charge is 0.124 e. The van der Waals surface area contributed by atoms with Crippen molar-refractivity contribution in [1.29, 1.82) is 0 Å². The molecule has 0 atom stereocenters. The molecule has 0 spiro atoms. The molecule has 0 N–H and O–H groups in total. The Hall–Kier alpha value is -1.47. The SMILES string of the molecule is [B-]P(c1cc(C)c(OC)c(C)c1)c1cc(C)c(OC)c(C)c1. The standard InChI is InChI=1S/C18H22BO2P/c1-11-7-15(8-12(2)17(11)20-5)22(19)16-9-13(3)18(21-6)14(4)10-16/h7-10H,1-6H3/q-1. The van der Waals surface area contributed by atoms with E-state index in [-0.39, 0.29) is 0 Å². The Morgan fingerprint density at radius 2 is 0.955 bits per heavy atom. The second-order valence-corrected chi connectivity index (χ2v) is 7.37. The monoisotopic (exact) mass is 312 g/mol. The van der Waals surface area contributed by atoms with E-state index in [0.717, 1.165) is 44.4 Å². The van der Waals surface area contributed by atoms with Crippen molar-refractivity contribution in [3.05, 3.63) is 46.5 Å². The quantitative estimate of drug-likeness (QED) is 0.636. The van der Waals surface area contributed by atoms with Crippen molar-refractivity contribution < 1.29 is 9.47 Å². The van der Waals surface area contributed by atoms with E-state index in [4.69, 9.17) is 17.0 Å². The van der Waals surface area contributed by atoms with Crippen LogP contribution in [-0.2, 0) is 0 Å². The van der Waals surface area contributed by atoms with Crippen molar-refractivity contribution in [2.45, 2.75) is 27.7 Å². The maximum atomic E-state index is 6.56. The minimum atomic E-state index is -0.881. The Kier molecular flexibility index (Phi) is 5.18. The molecule has 0 bridgehead atoms. The van der Waals surface area contributed by atoms with Gasteiger partial charge in [0, 0.05) is 0 Å². The van der Waals surface area contributed by atoms with Gasteiger partial charge in [-0.1, -0.05) is 34.9 Å². The zero-order valence-corrected chi connectivity index (χ0v) is 15.0. The van der Waals surface area contributed by atoms with E-state index in [0.29, 0.717) is 0 Å². The number of hydrogen-bond donors (Lipinski definition) is 0. The van der Waals surface area contributed by atoms with Crippen molar-refractivity contribution in [2.24, 2.45) is 0 Å². The summed E-state index contributed by atoms with van der Waals surface area (Å²) in [5.41, 5.74) is 4.49. The molecule has 0 aliphatic carbocycles. The summed E-state index contributed by atoms with van der Waals surface area (Å²) >= 11 is 0. The van der Waals surface area contributed by atoms with Gasteiger partial charge >= 0.3 is 0 Å². The molecular weight excluding hydrogens is 290 g/mol. The zero-order valence-electron chi connectivity index (χ0n) is 14.2. The fourth-order valence-corrected chi connectivity index (χ4v) is 4.56. The van der Waals surface area contributed by atoms with Crippen LogP contribution in [0.15, 0.2) is 24.3 Å². The van der Waals surface area contributed by atoms with E-state index in [1.54, 1.807) is 14.2 Å². The molecule has 0 aliphatic rings. The predicted molar refractivity (Wildman–Crippen MR) is 96.9 cm³/mol. The Labute approximate surface area is 136 Å². The van der Waals surface area contributed by atoms with Gasteiger partial charge in [0.15, 0.2) is 0 Å². The Morgan fingerprint density at radius 3 is 1.18 bits per heavy atom. The van der Waals surface area contributed by atoms with Crippen LogP contribution >= 0.6 is 7.80 Å². The molecule has 2 nitrogen and oxygen atoms in total. The van der Waals surface area contributed by atoms with Crippen LogP contribution in [0.1, 0.15) is 22.3 Å². The summed E-state index contributed by atoms with van der Waals surface area (Å²) in [5, 5.41) is 2.32. The third-order valence-corrected chi connectivity index (χ3v) is 5.48. The molecule has 0 saturated carbocycles. The van der Waals surface area contributed by atoms with Gasteiger partial charge in [0.05, 0.1) is 14.2 Å². The van der Waals surface area contributed by atoms with Gasteiger partial charge < -0.3 is 24.8 Å². The third kappa shape index (κ3) is 3.15. The van der Waals surface area contributed by atoms with Gasteiger partial charge in [-0.2, -0.15) is 0 Å². The topological polar surface area (TPSA) is 18.5 Å². The molecule has 4 heteroatoms. The van der Waals surface area contributed by atoms with E-state index in [1.807, 2.05) is 0 Å². The maximum absolute atomic E-state index is 6.56. The van der Waals surface area contributed by atoms with Crippen LogP contribution in [0.4, 0.5) is 0 Å². The molecule has 0 aromatic heterocycles. The molecular formula is C18H22BO2P-. The predicted octanol–water partition coefficient (Wildman–Crippen LogP) is 3.45. The lowest BCUT2D eigenvalue weighted by Crippen LogP contribution is -2.14. The summed E-state index contributed by atoms with van der Waals surface area (Å²) in [6, 6.07) is 8.53. The molecule has 22 heavy (non-hydrogen) atoms.